The summed E-state index contributed by atoms with van der Waals surface area (Å²) < 4.78 is 43.0. The van der Waals surface area contributed by atoms with Crippen LogP contribution in [0.4, 0.5) is 19.7 Å². The van der Waals surface area contributed by atoms with Gasteiger partial charge in [0.15, 0.2) is 10.9 Å². The predicted octanol–water partition coefficient (Wildman–Crippen LogP) is 3.54. The third-order valence-corrected chi connectivity index (χ3v) is 8.19. The summed E-state index contributed by atoms with van der Waals surface area (Å²) in [6.07, 6.45) is -0.488. The van der Waals surface area contributed by atoms with E-state index in [0.717, 1.165) is 24.4 Å². The zero-order valence-corrected chi connectivity index (χ0v) is 22.4. The number of thiazole rings is 1. The molecule has 0 saturated carbocycles. The number of hydrogen-bond donors (Lipinski definition) is 2. The first-order valence-electron chi connectivity index (χ1n) is 12.2. The van der Waals surface area contributed by atoms with Crippen molar-refractivity contribution in [3.05, 3.63) is 34.9 Å². The van der Waals surface area contributed by atoms with Gasteiger partial charge in [0.05, 0.1) is 15.2 Å². The lowest BCUT2D eigenvalue weighted by atomic mass is 10.0. The van der Waals surface area contributed by atoms with E-state index in [0.29, 0.717) is 42.9 Å². The molecule has 9 nitrogen and oxygen atoms in total. The Kier molecular flexibility index (Phi) is 6.68. The Bertz CT molecular complexity index is 1530. The summed E-state index contributed by atoms with van der Waals surface area (Å²) in [5, 5.41) is 4.10. The van der Waals surface area contributed by atoms with Crippen LogP contribution < -0.4 is 20.7 Å². The first kappa shape index (κ1) is 25.4. The lowest BCUT2D eigenvalue weighted by molar-refractivity contribution is 0.0300. The number of piperazine rings is 1. The molecule has 2 fully saturated rings. The quantitative estimate of drug-likeness (QED) is 0.379. The highest BCUT2D eigenvalue weighted by Gasteiger charge is 2.34. The minimum atomic E-state index is -0.664. The molecular formula is C25H26ClF2N7O2S. The molecule has 13 heteroatoms. The van der Waals surface area contributed by atoms with Gasteiger partial charge >= 0.3 is 6.01 Å². The number of benzene rings is 2. The number of anilines is 2. The normalized spacial score (nSPS) is 20.6. The van der Waals surface area contributed by atoms with Crippen LogP contribution in [-0.4, -0.2) is 85.5 Å². The first-order valence-corrected chi connectivity index (χ1v) is 13.4. The molecule has 0 spiro atoms. The average Bonchev–Trinajstić information content (AvgIpc) is 3.48. The fourth-order valence-electron chi connectivity index (χ4n) is 5.17. The van der Waals surface area contributed by atoms with E-state index in [-0.39, 0.29) is 49.7 Å². The smallest absolute Gasteiger partial charge is 0.319 e. The lowest BCUT2D eigenvalue weighted by Crippen LogP contribution is -2.44. The number of nitrogen functional groups attached to an aromatic ring is 1. The summed E-state index contributed by atoms with van der Waals surface area (Å²) >= 11 is 7.70. The third kappa shape index (κ3) is 4.39. The SMILES string of the molecule is COC1CN(C)CC1Oc1nc(N2CCNCC2)c2cc(Cl)c(-c3ccc(F)c4sc(N)nc34)c(F)c2n1. The van der Waals surface area contributed by atoms with Gasteiger partial charge < -0.3 is 25.4 Å². The number of hydrogen-bond acceptors (Lipinski definition) is 10. The summed E-state index contributed by atoms with van der Waals surface area (Å²) in [5.74, 6) is -0.604. The van der Waals surface area contributed by atoms with E-state index >= 15 is 4.39 Å². The van der Waals surface area contributed by atoms with E-state index in [2.05, 4.69) is 25.1 Å². The highest BCUT2D eigenvalue weighted by atomic mass is 35.5. The largest absolute Gasteiger partial charge is 0.456 e. The van der Waals surface area contributed by atoms with Crippen molar-refractivity contribution in [3.63, 3.8) is 0 Å². The molecule has 0 amide bonds. The van der Waals surface area contributed by atoms with Crippen molar-refractivity contribution in [2.45, 2.75) is 12.2 Å². The number of ether oxygens (including phenoxy) is 2. The van der Waals surface area contributed by atoms with Crippen molar-refractivity contribution in [3.8, 4) is 17.1 Å². The molecule has 200 valence electrons. The second-order valence-corrected chi connectivity index (χ2v) is 10.9. The van der Waals surface area contributed by atoms with Gasteiger partial charge in [-0.15, -0.1) is 0 Å². The van der Waals surface area contributed by atoms with Crippen molar-refractivity contribution < 1.29 is 18.3 Å². The maximum absolute atomic E-state index is 16.5. The van der Waals surface area contributed by atoms with E-state index in [4.69, 9.17) is 31.8 Å². The van der Waals surface area contributed by atoms with Crippen LogP contribution in [0.1, 0.15) is 0 Å². The van der Waals surface area contributed by atoms with Crippen molar-refractivity contribution in [1.82, 2.24) is 25.2 Å². The van der Waals surface area contributed by atoms with E-state index in [9.17, 15) is 4.39 Å². The van der Waals surface area contributed by atoms with Gasteiger partial charge in [-0.3, -0.25) is 4.90 Å². The molecule has 4 aromatic rings. The molecule has 2 aromatic heterocycles. The average molecular weight is 562 g/mol. The van der Waals surface area contributed by atoms with Gasteiger partial charge in [-0.2, -0.15) is 9.97 Å². The Morgan fingerprint density at radius 3 is 2.63 bits per heavy atom. The minimum Gasteiger partial charge on any atom is -0.456 e. The number of likely N-dealkylation sites (N-methyl/N-ethyl adjacent to an activating group) is 1. The molecule has 2 aliphatic heterocycles. The topological polar surface area (TPSA) is 102 Å². The Balaban J connectivity index is 1.54. The number of fused-ring (bicyclic) bond motifs is 2. The first-order chi connectivity index (χ1) is 18.3. The lowest BCUT2D eigenvalue weighted by Gasteiger charge is -2.30. The number of likely N-dealkylation sites (tertiary alicyclic amines) is 1. The van der Waals surface area contributed by atoms with Crippen molar-refractivity contribution in [1.29, 1.82) is 0 Å². The standard InChI is InChI=1S/C25H26ClF2N7O2S/c1-34-10-16(36-2)17(11-34)37-25-32-20-13(23(33-25)35-7-5-30-6-8-35)9-14(26)18(19(20)28)12-3-4-15(27)22-21(12)31-24(29)38-22/h3-4,9,16-17,30H,5-8,10-11H2,1-2H3,(H2,29,31). The predicted molar refractivity (Wildman–Crippen MR) is 145 cm³/mol. The molecule has 6 rings (SSSR count). The summed E-state index contributed by atoms with van der Waals surface area (Å²) in [7, 11) is 3.61. The van der Waals surface area contributed by atoms with Crippen LogP contribution in [0.2, 0.25) is 5.02 Å². The Labute approximate surface area is 226 Å². The van der Waals surface area contributed by atoms with Crippen LogP contribution in [0.25, 0.3) is 32.2 Å². The van der Waals surface area contributed by atoms with Crippen molar-refractivity contribution in [2.24, 2.45) is 0 Å². The maximum atomic E-state index is 16.5. The van der Waals surface area contributed by atoms with Crippen molar-refractivity contribution >= 4 is 55.0 Å². The number of methoxy groups -OCH3 is 1. The highest BCUT2D eigenvalue weighted by molar-refractivity contribution is 7.22. The van der Waals surface area contributed by atoms with Crippen LogP contribution in [0, 0.1) is 11.6 Å². The molecule has 2 aromatic carbocycles. The highest BCUT2D eigenvalue weighted by Crippen LogP contribution is 2.42. The summed E-state index contributed by atoms with van der Waals surface area (Å²) in [6, 6.07) is 4.43. The number of aromatic nitrogens is 3. The van der Waals surface area contributed by atoms with Gasteiger partial charge in [-0.1, -0.05) is 22.9 Å². The summed E-state index contributed by atoms with van der Waals surface area (Å²) in [5.41, 5.74) is 6.57. The number of nitrogens with one attached hydrogen (secondary N) is 1. The monoisotopic (exact) mass is 561 g/mol. The molecule has 3 N–H and O–H groups in total. The molecule has 2 unspecified atom stereocenters. The van der Waals surface area contributed by atoms with Gasteiger partial charge in [-0.25, -0.2) is 13.8 Å². The number of rotatable bonds is 5. The van der Waals surface area contributed by atoms with E-state index in [1.807, 2.05) is 7.05 Å². The van der Waals surface area contributed by atoms with Crippen LogP contribution in [0.15, 0.2) is 18.2 Å². The number of nitrogens with two attached hydrogens (primary N) is 1. The van der Waals surface area contributed by atoms with Crippen molar-refractivity contribution in [2.75, 3.05) is 64.1 Å². The minimum absolute atomic E-state index is 0.0581. The Morgan fingerprint density at radius 2 is 1.87 bits per heavy atom. The molecule has 38 heavy (non-hydrogen) atoms. The molecule has 2 aliphatic rings. The van der Waals surface area contributed by atoms with Gasteiger partial charge in [0.25, 0.3) is 0 Å². The Morgan fingerprint density at radius 1 is 1.11 bits per heavy atom. The number of nitrogens with zero attached hydrogens (tertiary/aromatic N) is 5. The second-order valence-electron chi connectivity index (χ2n) is 9.49. The van der Waals surface area contributed by atoms with Gasteiger partial charge in [0.1, 0.15) is 29.4 Å². The molecule has 0 radical (unpaired) electrons. The van der Waals surface area contributed by atoms with Crippen LogP contribution >= 0.6 is 22.9 Å². The molecule has 4 heterocycles. The fraction of sp³-hybridized carbons (Fsp3) is 0.400. The molecular weight excluding hydrogens is 536 g/mol. The van der Waals surface area contributed by atoms with E-state index < -0.39 is 11.6 Å². The maximum Gasteiger partial charge on any atom is 0.319 e. The van der Waals surface area contributed by atoms with Crippen LogP contribution in [0.3, 0.4) is 0 Å². The summed E-state index contributed by atoms with van der Waals surface area (Å²) in [4.78, 5) is 17.6. The summed E-state index contributed by atoms with van der Waals surface area (Å²) in [6.45, 7) is 4.19. The fourth-order valence-corrected chi connectivity index (χ4v) is 6.23. The molecule has 2 atom stereocenters. The Hall–Kier alpha value is -2.90. The van der Waals surface area contributed by atoms with E-state index in [1.54, 1.807) is 13.2 Å². The number of halogens is 3. The molecule has 0 aliphatic carbocycles. The van der Waals surface area contributed by atoms with Crippen LogP contribution in [0.5, 0.6) is 6.01 Å². The zero-order valence-electron chi connectivity index (χ0n) is 20.8. The van der Waals surface area contributed by atoms with Gasteiger partial charge in [-0.05, 0) is 25.2 Å². The van der Waals surface area contributed by atoms with Gasteiger partial charge in [0, 0.05) is 62.9 Å². The molecule has 2 saturated heterocycles. The third-order valence-electron chi connectivity index (χ3n) is 7.00. The second kappa shape index (κ2) is 10.0. The van der Waals surface area contributed by atoms with Gasteiger partial charge in [0.2, 0.25) is 0 Å². The molecule has 0 bridgehead atoms. The zero-order chi connectivity index (χ0) is 26.6. The van der Waals surface area contributed by atoms with Crippen LogP contribution in [-0.2, 0) is 4.74 Å². The van der Waals surface area contributed by atoms with E-state index in [1.165, 1.54) is 12.1 Å².